The Morgan fingerprint density at radius 2 is 2.15 bits per heavy atom. The van der Waals surface area contributed by atoms with Crippen LogP contribution in [0.1, 0.15) is 32.5 Å². The van der Waals surface area contributed by atoms with Crippen LogP contribution in [0.3, 0.4) is 0 Å². The third-order valence-electron chi connectivity index (χ3n) is 3.36. The maximum absolute atomic E-state index is 12.2. The predicted octanol–water partition coefficient (Wildman–Crippen LogP) is 1.38. The van der Waals surface area contributed by atoms with Crippen molar-refractivity contribution in [1.29, 1.82) is 0 Å². The number of amides is 1. The first-order valence-electron chi connectivity index (χ1n) is 6.67. The number of nitrogens with zero attached hydrogens (tertiary/aromatic N) is 3. The van der Waals surface area contributed by atoms with Gasteiger partial charge in [-0.15, -0.1) is 0 Å². The first-order chi connectivity index (χ1) is 9.36. The molecule has 0 aromatic carbocycles. The molecule has 0 aliphatic heterocycles. The van der Waals surface area contributed by atoms with E-state index in [1.807, 2.05) is 18.7 Å². The molecule has 0 saturated heterocycles. The molecule has 1 aliphatic carbocycles. The lowest BCUT2D eigenvalue weighted by Gasteiger charge is -2.20. The molecule has 0 spiro atoms. The van der Waals surface area contributed by atoms with E-state index in [4.69, 9.17) is 10.7 Å². The zero-order chi connectivity index (χ0) is 14.9. The first kappa shape index (κ1) is 15.3. The molecule has 0 radical (unpaired) electrons. The van der Waals surface area contributed by atoms with Gasteiger partial charge in [0, 0.05) is 35.9 Å². The third-order valence-corrected chi connectivity index (χ3v) is 4.53. The smallest absolute Gasteiger partial charge is 0.280 e. The number of hydrogen-bond acceptors (Lipinski definition) is 4. The standard InChI is InChI=1S/C12H18ClN3O3S/c1-3-10-14-11(20(13,18)19)7-15(10)8-12(17)16(4-2)9-5-6-9/h7,9H,3-6,8H2,1-2H3. The van der Waals surface area contributed by atoms with E-state index in [0.717, 1.165) is 12.8 Å². The van der Waals surface area contributed by atoms with Crippen molar-refractivity contribution in [3.05, 3.63) is 12.0 Å². The fraction of sp³-hybridized carbons (Fsp3) is 0.667. The zero-order valence-corrected chi connectivity index (χ0v) is 13.1. The molecular weight excluding hydrogens is 302 g/mol. The summed E-state index contributed by atoms with van der Waals surface area (Å²) < 4.78 is 24.2. The van der Waals surface area contributed by atoms with Crippen molar-refractivity contribution in [1.82, 2.24) is 14.5 Å². The van der Waals surface area contributed by atoms with Crippen molar-refractivity contribution in [3.8, 4) is 0 Å². The van der Waals surface area contributed by atoms with Gasteiger partial charge in [0.1, 0.15) is 12.4 Å². The fourth-order valence-corrected chi connectivity index (χ4v) is 2.92. The summed E-state index contributed by atoms with van der Waals surface area (Å²) in [5.74, 6) is 0.532. The summed E-state index contributed by atoms with van der Waals surface area (Å²) in [5, 5.41) is -0.196. The van der Waals surface area contributed by atoms with Gasteiger partial charge >= 0.3 is 0 Å². The maximum atomic E-state index is 12.2. The SMILES string of the molecule is CCc1nc(S(=O)(=O)Cl)cn1CC(=O)N(CC)C1CC1. The van der Waals surface area contributed by atoms with E-state index in [1.165, 1.54) is 6.20 Å². The van der Waals surface area contributed by atoms with Crippen molar-refractivity contribution in [2.45, 2.75) is 50.7 Å². The van der Waals surface area contributed by atoms with Crippen LogP contribution in [-0.4, -0.2) is 41.4 Å². The Morgan fingerprint density at radius 1 is 1.50 bits per heavy atom. The largest absolute Gasteiger partial charge is 0.338 e. The normalized spacial score (nSPS) is 15.3. The minimum absolute atomic E-state index is 0.0133. The molecule has 112 valence electrons. The molecule has 1 amide bonds. The molecule has 0 atom stereocenters. The average Bonchev–Trinajstić information content (AvgIpc) is 3.09. The molecule has 20 heavy (non-hydrogen) atoms. The highest BCUT2D eigenvalue weighted by molar-refractivity contribution is 8.13. The van der Waals surface area contributed by atoms with Gasteiger partial charge < -0.3 is 9.47 Å². The van der Waals surface area contributed by atoms with Crippen molar-refractivity contribution in [2.75, 3.05) is 6.54 Å². The van der Waals surface area contributed by atoms with Gasteiger partial charge in [-0.05, 0) is 19.8 Å². The zero-order valence-electron chi connectivity index (χ0n) is 11.5. The number of hydrogen-bond donors (Lipinski definition) is 0. The molecular formula is C12H18ClN3O3S. The summed E-state index contributed by atoms with van der Waals surface area (Å²) in [7, 11) is 1.42. The molecule has 6 nitrogen and oxygen atoms in total. The van der Waals surface area contributed by atoms with Gasteiger partial charge in [-0.1, -0.05) is 6.92 Å². The molecule has 0 bridgehead atoms. The first-order valence-corrected chi connectivity index (χ1v) is 8.97. The van der Waals surface area contributed by atoms with Crippen LogP contribution in [0.2, 0.25) is 0 Å². The lowest BCUT2D eigenvalue weighted by Crippen LogP contribution is -2.35. The van der Waals surface area contributed by atoms with E-state index >= 15 is 0 Å². The second kappa shape index (κ2) is 5.73. The Morgan fingerprint density at radius 3 is 2.60 bits per heavy atom. The lowest BCUT2D eigenvalue weighted by molar-refractivity contribution is -0.132. The number of carbonyl (C=O) groups excluding carboxylic acids is 1. The van der Waals surface area contributed by atoms with Crippen LogP contribution >= 0.6 is 10.7 Å². The predicted molar refractivity (Wildman–Crippen MR) is 75.1 cm³/mol. The topological polar surface area (TPSA) is 72.3 Å². The Labute approximate surface area is 123 Å². The Hall–Kier alpha value is -1.08. The van der Waals surface area contributed by atoms with Crippen molar-refractivity contribution in [3.63, 3.8) is 0 Å². The number of aromatic nitrogens is 2. The Kier molecular flexibility index (Phi) is 4.39. The molecule has 0 N–H and O–H groups in total. The van der Waals surface area contributed by atoms with Gasteiger partial charge in [0.2, 0.25) is 5.91 Å². The van der Waals surface area contributed by atoms with E-state index < -0.39 is 9.05 Å². The lowest BCUT2D eigenvalue weighted by atomic mass is 10.4. The van der Waals surface area contributed by atoms with Gasteiger partial charge in [-0.25, -0.2) is 13.4 Å². The van der Waals surface area contributed by atoms with E-state index in [9.17, 15) is 13.2 Å². The fourth-order valence-electron chi connectivity index (χ4n) is 2.23. The van der Waals surface area contributed by atoms with Crippen molar-refractivity contribution >= 4 is 25.6 Å². The van der Waals surface area contributed by atoms with E-state index in [1.54, 1.807) is 4.57 Å². The molecule has 1 aromatic rings. The number of halogens is 1. The van der Waals surface area contributed by atoms with Gasteiger partial charge in [0.05, 0.1) is 0 Å². The summed E-state index contributed by atoms with van der Waals surface area (Å²) in [6, 6.07) is 0.345. The van der Waals surface area contributed by atoms with Gasteiger partial charge in [0.15, 0.2) is 5.03 Å². The highest BCUT2D eigenvalue weighted by Gasteiger charge is 2.31. The number of likely N-dealkylation sites (N-methyl/N-ethyl adjacent to an activating group) is 1. The van der Waals surface area contributed by atoms with Gasteiger partial charge in [-0.2, -0.15) is 0 Å². The Balaban J connectivity index is 2.19. The molecule has 0 unspecified atom stereocenters. The van der Waals surface area contributed by atoms with Crippen LogP contribution in [0.5, 0.6) is 0 Å². The maximum Gasteiger partial charge on any atom is 0.280 e. The molecule has 1 fully saturated rings. The third kappa shape index (κ3) is 3.32. The minimum atomic E-state index is -3.86. The van der Waals surface area contributed by atoms with E-state index in [0.29, 0.717) is 24.8 Å². The van der Waals surface area contributed by atoms with Crippen LogP contribution in [-0.2, 0) is 26.8 Å². The monoisotopic (exact) mass is 319 g/mol. The van der Waals surface area contributed by atoms with Crippen LogP contribution in [0.25, 0.3) is 0 Å². The van der Waals surface area contributed by atoms with Crippen LogP contribution in [0.15, 0.2) is 11.2 Å². The van der Waals surface area contributed by atoms with Crippen molar-refractivity contribution < 1.29 is 13.2 Å². The second-order valence-electron chi connectivity index (χ2n) is 4.83. The number of aryl methyl sites for hydroxylation is 1. The second-order valence-corrected chi connectivity index (χ2v) is 7.34. The Bertz CT molecular complexity index is 607. The summed E-state index contributed by atoms with van der Waals surface area (Å²) in [6.07, 6.45) is 3.96. The molecule has 1 saturated carbocycles. The number of carbonyl (C=O) groups is 1. The summed E-state index contributed by atoms with van der Waals surface area (Å²) in [5.41, 5.74) is 0. The molecule has 2 rings (SSSR count). The van der Waals surface area contributed by atoms with E-state index in [2.05, 4.69) is 4.98 Å². The highest BCUT2D eigenvalue weighted by Crippen LogP contribution is 2.27. The summed E-state index contributed by atoms with van der Waals surface area (Å²) in [4.78, 5) is 18.0. The summed E-state index contributed by atoms with van der Waals surface area (Å²) in [6.45, 7) is 4.57. The molecule has 8 heteroatoms. The summed E-state index contributed by atoms with van der Waals surface area (Å²) >= 11 is 0. The van der Waals surface area contributed by atoms with E-state index in [-0.39, 0.29) is 17.5 Å². The molecule has 1 heterocycles. The van der Waals surface area contributed by atoms with Crippen LogP contribution < -0.4 is 0 Å². The molecule has 1 aliphatic rings. The minimum Gasteiger partial charge on any atom is -0.338 e. The average molecular weight is 320 g/mol. The van der Waals surface area contributed by atoms with Gasteiger partial charge in [0.25, 0.3) is 9.05 Å². The quantitative estimate of drug-likeness (QED) is 0.743. The highest BCUT2D eigenvalue weighted by atomic mass is 35.7. The number of imidazole rings is 1. The van der Waals surface area contributed by atoms with Gasteiger partial charge in [-0.3, -0.25) is 4.79 Å². The van der Waals surface area contributed by atoms with Crippen LogP contribution in [0, 0.1) is 0 Å². The number of rotatable bonds is 6. The molecule has 1 aromatic heterocycles. The van der Waals surface area contributed by atoms with Crippen molar-refractivity contribution in [2.24, 2.45) is 0 Å². The van der Waals surface area contributed by atoms with Crippen LogP contribution in [0.4, 0.5) is 0 Å².